The van der Waals surface area contributed by atoms with Crippen molar-refractivity contribution in [3.8, 4) is 22.9 Å². The van der Waals surface area contributed by atoms with Crippen LogP contribution >= 0.6 is 11.6 Å². The molecule has 204 valence electrons. The first-order chi connectivity index (χ1) is 19.2. The first-order valence-electron chi connectivity index (χ1n) is 12.4. The number of phenols is 1. The zero-order chi connectivity index (χ0) is 28.1. The number of methoxy groups -OCH3 is 1. The SMILES string of the molecule is COc1cc(-c2nnc3c(=O)[nH]c4cc(C(=O)N5CCOC(c6ccc(Cl)cc6)C5)c(C)cc4n23)cc(F)c1O. The lowest BCUT2D eigenvalue weighted by atomic mass is 10.0. The molecule has 3 heterocycles. The quantitative estimate of drug-likeness (QED) is 0.335. The van der Waals surface area contributed by atoms with Gasteiger partial charge in [0, 0.05) is 22.7 Å². The van der Waals surface area contributed by atoms with Gasteiger partial charge in [0.25, 0.3) is 11.5 Å². The largest absolute Gasteiger partial charge is 0.502 e. The predicted molar refractivity (Wildman–Crippen MR) is 146 cm³/mol. The number of carbonyl (C=O) groups is 1. The zero-order valence-electron chi connectivity index (χ0n) is 21.4. The van der Waals surface area contributed by atoms with Crippen molar-refractivity contribution >= 4 is 34.2 Å². The second kappa shape index (κ2) is 9.92. The van der Waals surface area contributed by atoms with E-state index in [1.807, 2.05) is 12.1 Å². The van der Waals surface area contributed by atoms with Crippen LogP contribution in [-0.4, -0.2) is 62.3 Å². The zero-order valence-corrected chi connectivity index (χ0v) is 22.2. The summed E-state index contributed by atoms with van der Waals surface area (Å²) in [6, 6.07) is 13.2. The molecule has 2 aromatic heterocycles. The van der Waals surface area contributed by atoms with Crippen molar-refractivity contribution in [1.82, 2.24) is 24.5 Å². The van der Waals surface area contributed by atoms with Crippen LogP contribution < -0.4 is 10.3 Å². The number of ether oxygens (including phenoxy) is 2. The number of amides is 1. The van der Waals surface area contributed by atoms with Gasteiger partial charge in [0.15, 0.2) is 23.1 Å². The van der Waals surface area contributed by atoms with Crippen molar-refractivity contribution < 1.29 is 23.8 Å². The number of fused-ring (bicyclic) bond motifs is 3. The average Bonchev–Trinajstić information content (AvgIpc) is 3.41. The van der Waals surface area contributed by atoms with Crippen LogP contribution in [0.3, 0.4) is 0 Å². The van der Waals surface area contributed by atoms with Crippen LogP contribution in [0.4, 0.5) is 4.39 Å². The highest BCUT2D eigenvalue weighted by Crippen LogP contribution is 2.35. The molecule has 1 amide bonds. The number of hydrogen-bond acceptors (Lipinski definition) is 7. The van der Waals surface area contributed by atoms with Gasteiger partial charge in [-0.15, -0.1) is 10.2 Å². The number of nitrogens with zero attached hydrogens (tertiary/aromatic N) is 4. The molecule has 1 aliphatic heterocycles. The van der Waals surface area contributed by atoms with Crippen LogP contribution in [-0.2, 0) is 4.74 Å². The minimum Gasteiger partial charge on any atom is -0.502 e. The van der Waals surface area contributed by atoms with Gasteiger partial charge >= 0.3 is 0 Å². The van der Waals surface area contributed by atoms with Gasteiger partial charge in [-0.3, -0.25) is 14.0 Å². The van der Waals surface area contributed by atoms with E-state index in [0.717, 1.165) is 11.6 Å². The van der Waals surface area contributed by atoms with Crippen molar-refractivity contribution in [3.63, 3.8) is 0 Å². The number of benzene rings is 3. The van der Waals surface area contributed by atoms with Gasteiger partial charge < -0.3 is 24.5 Å². The smallest absolute Gasteiger partial charge is 0.294 e. The Morgan fingerprint density at radius 1 is 1.20 bits per heavy atom. The maximum atomic E-state index is 14.4. The Hall–Kier alpha value is -4.48. The lowest BCUT2D eigenvalue weighted by Crippen LogP contribution is -2.42. The number of phenolic OH excluding ortho intramolecular Hbond substituents is 1. The number of H-pyrrole nitrogens is 1. The van der Waals surface area contributed by atoms with Gasteiger partial charge in [-0.25, -0.2) is 4.39 Å². The molecule has 6 rings (SSSR count). The molecule has 10 nitrogen and oxygen atoms in total. The Morgan fingerprint density at radius 3 is 2.73 bits per heavy atom. The minimum atomic E-state index is -0.910. The molecular weight excluding hydrogens is 541 g/mol. The van der Waals surface area contributed by atoms with Crippen LogP contribution in [0.15, 0.2) is 53.3 Å². The first kappa shape index (κ1) is 25.8. The molecule has 1 aliphatic rings. The fourth-order valence-corrected chi connectivity index (χ4v) is 5.10. The molecule has 5 aromatic rings. The van der Waals surface area contributed by atoms with E-state index in [2.05, 4.69) is 15.2 Å². The molecule has 0 aliphatic carbocycles. The number of nitrogens with one attached hydrogen (secondary N) is 1. The standard InChI is InChI=1S/C28H23ClFN5O5/c1-14-9-21-20(12-18(14)28(38)34-7-8-40-23(13-34)15-3-5-17(29)6-4-15)31-27(37)26-33-32-25(35(21)26)16-10-19(30)24(36)22(11-16)39-2/h3-6,9-12,23,36H,7-8,13H2,1-2H3,(H,31,37). The second-order valence-corrected chi connectivity index (χ2v) is 9.93. The fourth-order valence-electron chi connectivity index (χ4n) is 4.97. The van der Waals surface area contributed by atoms with Crippen LogP contribution in [0.25, 0.3) is 28.1 Å². The molecule has 0 bridgehead atoms. The molecule has 1 saturated heterocycles. The minimum absolute atomic E-state index is 0.00703. The summed E-state index contributed by atoms with van der Waals surface area (Å²) >= 11 is 6.01. The Bertz CT molecular complexity index is 1850. The van der Waals surface area contributed by atoms with Gasteiger partial charge in [0.1, 0.15) is 6.10 Å². The summed E-state index contributed by atoms with van der Waals surface area (Å²) in [6.45, 7) is 2.95. The van der Waals surface area contributed by atoms with Crippen LogP contribution in [0, 0.1) is 12.7 Å². The van der Waals surface area contributed by atoms with Gasteiger partial charge in [-0.1, -0.05) is 23.7 Å². The van der Waals surface area contributed by atoms with Crippen LogP contribution in [0.5, 0.6) is 11.5 Å². The number of morpholine rings is 1. The Morgan fingerprint density at radius 2 is 1.98 bits per heavy atom. The molecule has 1 atom stereocenters. The van der Waals surface area contributed by atoms with Gasteiger partial charge in [-0.2, -0.15) is 0 Å². The average molecular weight is 564 g/mol. The maximum absolute atomic E-state index is 14.4. The third-order valence-corrected chi connectivity index (χ3v) is 7.28. The summed E-state index contributed by atoms with van der Waals surface area (Å²) in [5.74, 6) is -1.67. The molecule has 1 unspecified atom stereocenters. The summed E-state index contributed by atoms with van der Waals surface area (Å²) in [7, 11) is 1.30. The number of aromatic nitrogens is 4. The Kier molecular flexibility index (Phi) is 6.40. The third-order valence-electron chi connectivity index (χ3n) is 7.03. The van der Waals surface area contributed by atoms with Gasteiger partial charge in [0.05, 0.1) is 31.3 Å². The summed E-state index contributed by atoms with van der Waals surface area (Å²) < 4.78 is 26.9. The number of halogens is 2. The third kappa shape index (κ3) is 4.33. The fraction of sp³-hybridized carbons (Fsp3) is 0.214. The topological polar surface area (TPSA) is 122 Å². The second-order valence-electron chi connectivity index (χ2n) is 9.49. The molecular formula is C28H23ClFN5O5. The number of aryl methyl sites for hydroxylation is 1. The van der Waals surface area contributed by atoms with E-state index < -0.39 is 17.1 Å². The molecule has 0 radical (unpaired) electrons. The number of aromatic hydroxyl groups is 1. The van der Waals surface area contributed by atoms with E-state index in [4.69, 9.17) is 21.1 Å². The van der Waals surface area contributed by atoms with Gasteiger partial charge in [-0.05, 0) is 54.4 Å². The van der Waals surface area contributed by atoms with Crippen molar-refractivity contribution in [2.75, 3.05) is 26.8 Å². The molecule has 1 fully saturated rings. The van der Waals surface area contributed by atoms with E-state index >= 15 is 0 Å². The summed E-state index contributed by atoms with van der Waals surface area (Å²) in [5.41, 5.74) is 2.59. The van der Waals surface area contributed by atoms with Crippen LogP contribution in [0.2, 0.25) is 5.02 Å². The lowest BCUT2D eigenvalue weighted by Gasteiger charge is -2.33. The Labute approximate surface area is 231 Å². The Balaban J connectivity index is 1.42. The van der Waals surface area contributed by atoms with E-state index in [9.17, 15) is 19.1 Å². The molecule has 0 spiro atoms. The highest BCUT2D eigenvalue weighted by molar-refractivity contribution is 6.30. The number of aromatic amines is 1. The van der Waals surface area contributed by atoms with E-state index in [1.54, 1.807) is 36.1 Å². The lowest BCUT2D eigenvalue weighted by molar-refractivity contribution is -0.0228. The molecule has 0 saturated carbocycles. The molecule has 3 aromatic carbocycles. The van der Waals surface area contributed by atoms with Crippen molar-refractivity contribution in [3.05, 3.63) is 86.4 Å². The van der Waals surface area contributed by atoms with E-state index in [-0.39, 0.29) is 34.8 Å². The number of carbonyl (C=O) groups excluding carboxylic acids is 1. The van der Waals surface area contributed by atoms with Crippen molar-refractivity contribution in [1.29, 1.82) is 0 Å². The molecule has 2 N–H and O–H groups in total. The normalized spacial score (nSPS) is 15.6. The van der Waals surface area contributed by atoms with Crippen molar-refractivity contribution in [2.45, 2.75) is 13.0 Å². The first-order valence-corrected chi connectivity index (χ1v) is 12.8. The number of rotatable bonds is 4. The monoisotopic (exact) mass is 563 g/mol. The summed E-state index contributed by atoms with van der Waals surface area (Å²) in [5, 5.41) is 18.7. The molecule has 40 heavy (non-hydrogen) atoms. The highest BCUT2D eigenvalue weighted by atomic mass is 35.5. The highest BCUT2D eigenvalue weighted by Gasteiger charge is 2.28. The van der Waals surface area contributed by atoms with Gasteiger partial charge in [0.2, 0.25) is 5.65 Å². The predicted octanol–water partition coefficient (Wildman–Crippen LogP) is 4.27. The summed E-state index contributed by atoms with van der Waals surface area (Å²) in [4.78, 5) is 31.1. The summed E-state index contributed by atoms with van der Waals surface area (Å²) in [6.07, 6.45) is -0.294. The molecule has 12 heteroatoms. The number of hydrogen-bond donors (Lipinski definition) is 2. The van der Waals surface area contributed by atoms with E-state index in [0.29, 0.717) is 46.9 Å². The maximum Gasteiger partial charge on any atom is 0.294 e. The van der Waals surface area contributed by atoms with E-state index in [1.165, 1.54) is 17.6 Å². The van der Waals surface area contributed by atoms with Crippen molar-refractivity contribution in [2.24, 2.45) is 0 Å². The van der Waals surface area contributed by atoms with Crippen LogP contribution in [0.1, 0.15) is 27.6 Å².